The van der Waals surface area contributed by atoms with Crippen LogP contribution in [0.25, 0.3) is 10.2 Å². The van der Waals surface area contributed by atoms with Crippen LogP contribution < -0.4 is 15.5 Å². The molecule has 11 heteroatoms. The molecule has 2 aromatic heterocycles. The summed E-state index contributed by atoms with van der Waals surface area (Å²) in [6.45, 7) is 9.30. The van der Waals surface area contributed by atoms with Gasteiger partial charge in [-0.2, -0.15) is 0 Å². The first-order valence-electron chi connectivity index (χ1n) is 15.1. The lowest BCUT2D eigenvalue weighted by Crippen LogP contribution is -2.27. The quantitative estimate of drug-likeness (QED) is 0.117. The molecule has 8 nitrogen and oxygen atoms in total. The summed E-state index contributed by atoms with van der Waals surface area (Å²) in [5.41, 5.74) is 3.83. The highest BCUT2D eigenvalue weighted by Crippen LogP contribution is 2.32. The van der Waals surface area contributed by atoms with Gasteiger partial charge in [-0.05, 0) is 48.5 Å². The standard InChI is InChI=1S/C34H44ClN3O5SSi/c1-37(20-29(39)24-8-7-9-27(16-24)42-3)21-30-28(22-43-14-15-45(4,5)6)32-34(44-30)33(41)25(19-38(32)2)17-31(40)36-18-23-10-12-26(35)13-11-23/h7-13,16,19,29,39H,14-15,17-18,20-22H2,1-6H3,(H,36,40). The molecular formula is C34H44ClN3O5SSi. The fourth-order valence-corrected chi connectivity index (χ4v) is 7.36. The van der Waals surface area contributed by atoms with Gasteiger partial charge in [0.25, 0.3) is 0 Å². The minimum absolute atomic E-state index is 0.0158. The minimum Gasteiger partial charge on any atom is -0.497 e. The summed E-state index contributed by atoms with van der Waals surface area (Å²) in [5, 5.41) is 14.5. The van der Waals surface area contributed by atoms with E-state index >= 15 is 0 Å². The Morgan fingerprint density at radius 2 is 1.91 bits per heavy atom. The first-order valence-corrected chi connectivity index (χ1v) is 20.0. The van der Waals surface area contributed by atoms with Gasteiger partial charge in [0.05, 0.1) is 36.5 Å². The minimum atomic E-state index is -1.27. The number of fused-ring (bicyclic) bond motifs is 1. The zero-order valence-electron chi connectivity index (χ0n) is 27.0. The van der Waals surface area contributed by atoms with Crippen LogP contribution in [-0.2, 0) is 42.7 Å². The summed E-state index contributed by atoms with van der Waals surface area (Å²) >= 11 is 7.41. The van der Waals surface area contributed by atoms with E-state index < -0.39 is 14.2 Å². The maximum Gasteiger partial charge on any atom is 0.224 e. The molecule has 0 aliphatic carbocycles. The molecule has 0 saturated carbocycles. The Balaban J connectivity index is 1.56. The molecule has 0 aliphatic heterocycles. The van der Waals surface area contributed by atoms with E-state index in [-0.39, 0.29) is 17.8 Å². The van der Waals surface area contributed by atoms with Crippen molar-refractivity contribution in [3.05, 3.63) is 97.1 Å². The number of carbonyl (C=O) groups is 1. The number of benzene rings is 2. The van der Waals surface area contributed by atoms with Gasteiger partial charge in [0.2, 0.25) is 11.3 Å². The van der Waals surface area contributed by atoms with Crippen LogP contribution in [0.3, 0.4) is 0 Å². The summed E-state index contributed by atoms with van der Waals surface area (Å²) < 4.78 is 14.1. The number of aliphatic hydroxyl groups excluding tert-OH is 1. The number of thiophene rings is 1. The number of nitrogens with one attached hydrogen (secondary N) is 1. The lowest BCUT2D eigenvalue weighted by molar-refractivity contribution is -0.120. The number of pyridine rings is 1. The number of aryl methyl sites for hydroxylation is 1. The molecule has 2 heterocycles. The van der Waals surface area contributed by atoms with E-state index in [0.717, 1.165) is 33.1 Å². The number of methoxy groups -OCH3 is 1. The lowest BCUT2D eigenvalue weighted by Gasteiger charge is -2.21. The molecule has 2 aromatic carbocycles. The molecule has 0 fully saturated rings. The van der Waals surface area contributed by atoms with E-state index in [2.05, 4.69) is 29.9 Å². The average Bonchev–Trinajstić information content (AvgIpc) is 3.35. The van der Waals surface area contributed by atoms with Crippen molar-refractivity contribution in [1.29, 1.82) is 0 Å². The van der Waals surface area contributed by atoms with Gasteiger partial charge in [-0.15, -0.1) is 11.3 Å². The van der Waals surface area contributed by atoms with Crippen molar-refractivity contribution in [2.45, 2.75) is 57.9 Å². The molecule has 0 saturated heterocycles. The van der Waals surface area contributed by atoms with Crippen LogP contribution in [0.2, 0.25) is 30.7 Å². The summed E-state index contributed by atoms with van der Waals surface area (Å²) in [5.74, 6) is 0.473. The Kier molecular flexibility index (Phi) is 12.0. The third-order valence-electron chi connectivity index (χ3n) is 7.64. The van der Waals surface area contributed by atoms with E-state index in [1.165, 1.54) is 11.3 Å². The van der Waals surface area contributed by atoms with Gasteiger partial charge < -0.3 is 24.5 Å². The second kappa shape index (κ2) is 15.5. The number of amides is 1. The normalized spacial score (nSPS) is 12.6. The second-order valence-corrected chi connectivity index (χ2v) is 19.9. The largest absolute Gasteiger partial charge is 0.497 e. The number of halogens is 1. The first kappa shape index (κ1) is 34.9. The van der Waals surface area contributed by atoms with E-state index in [0.29, 0.717) is 53.9 Å². The molecule has 1 amide bonds. The Morgan fingerprint density at radius 3 is 2.60 bits per heavy atom. The smallest absolute Gasteiger partial charge is 0.224 e. The Hall–Kier alpha value is -2.99. The monoisotopic (exact) mass is 669 g/mol. The molecule has 4 aromatic rings. The van der Waals surface area contributed by atoms with Gasteiger partial charge in [0.1, 0.15) is 5.75 Å². The predicted octanol–water partition coefficient (Wildman–Crippen LogP) is 6.14. The lowest BCUT2D eigenvalue weighted by atomic mass is 10.1. The fraction of sp³-hybridized carbons (Fsp3) is 0.412. The van der Waals surface area contributed by atoms with Gasteiger partial charge in [-0.1, -0.05) is 55.5 Å². The second-order valence-electron chi connectivity index (χ2n) is 12.7. The average molecular weight is 670 g/mol. The van der Waals surface area contributed by atoms with Crippen LogP contribution in [0.4, 0.5) is 0 Å². The van der Waals surface area contributed by atoms with Crippen LogP contribution in [0.15, 0.2) is 59.5 Å². The topological polar surface area (TPSA) is 93.0 Å². The van der Waals surface area contributed by atoms with Crippen molar-refractivity contribution in [2.75, 3.05) is 27.3 Å². The maximum atomic E-state index is 13.8. The Morgan fingerprint density at radius 1 is 1.18 bits per heavy atom. The molecule has 1 atom stereocenters. The number of likely N-dealkylation sites (N-methyl/N-ethyl adjacent to an activating group) is 1. The van der Waals surface area contributed by atoms with Crippen LogP contribution in [-0.4, -0.2) is 55.9 Å². The zero-order valence-corrected chi connectivity index (χ0v) is 29.6. The first-order chi connectivity index (χ1) is 21.3. The van der Waals surface area contributed by atoms with Crippen LogP contribution >= 0.6 is 22.9 Å². The summed E-state index contributed by atoms with van der Waals surface area (Å²) in [4.78, 5) is 29.7. The van der Waals surface area contributed by atoms with Crippen molar-refractivity contribution in [2.24, 2.45) is 7.05 Å². The molecule has 0 radical (unpaired) electrons. The highest BCUT2D eigenvalue weighted by atomic mass is 35.5. The summed E-state index contributed by atoms with van der Waals surface area (Å²) in [6, 6.07) is 15.8. The number of nitrogens with zero attached hydrogens (tertiary/aromatic N) is 2. The molecule has 1 unspecified atom stereocenters. The van der Waals surface area contributed by atoms with Gasteiger partial charge in [-0.3, -0.25) is 14.5 Å². The molecule has 0 bridgehead atoms. The van der Waals surface area contributed by atoms with E-state index in [9.17, 15) is 14.7 Å². The Bertz CT molecular complexity index is 1670. The number of aliphatic hydroxyl groups is 1. The predicted molar refractivity (Wildman–Crippen MR) is 186 cm³/mol. The third kappa shape index (κ3) is 9.75. The van der Waals surface area contributed by atoms with Crippen LogP contribution in [0, 0.1) is 0 Å². The molecule has 0 spiro atoms. The van der Waals surface area contributed by atoms with Gasteiger partial charge in [-0.25, -0.2) is 0 Å². The molecule has 0 aliphatic rings. The van der Waals surface area contributed by atoms with Gasteiger partial charge in [0, 0.05) is 68.6 Å². The van der Waals surface area contributed by atoms with Crippen molar-refractivity contribution in [1.82, 2.24) is 14.8 Å². The number of rotatable bonds is 15. The molecular weight excluding hydrogens is 626 g/mol. The van der Waals surface area contributed by atoms with E-state index in [1.807, 2.05) is 55.1 Å². The van der Waals surface area contributed by atoms with Gasteiger partial charge in [0.15, 0.2) is 0 Å². The molecule has 45 heavy (non-hydrogen) atoms. The molecule has 2 N–H and O–H groups in total. The van der Waals surface area contributed by atoms with Crippen molar-refractivity contribution < 1.29 is 19.4 Å². The highest BCUT2D eigenvalue weighted by Gasteiger charge is 2.22. The number of ether oxygens (including phenoxy) is 2. The third-order valence-corrected chi connectivity index (χ3v) is 10.8. The van der Waals surface area contributed by atoms with Crippen LogP contribution in [0.5, 0.6) is 5.75 Å². The number of aromatic nitrogens is 1. The maximum absolute atomic E-state index is 13.8. The number of hydrogen-bond acceptors (Lipinski definition) is 7. The fourth-order valence-electron chi connectivity index (χ4n) is 5.08. The van der Waals surface area contributed by atoms with E-state index in [4.69, 9.17) is 21.1 Å². The molecule has 4 rings (SSSR count). The molecule has 242 valence electrons. The van der Waals surface area contributed by atoms with E-state index in [1.54, 1.807) is 25.4 Å². The SMILES string of the molecule is COc1cccc(C(O)CN(C)Cc2sc3c(=O)c(CC(=O)NCc4ccc(Cl)cc4)cn(C)c3c2COCC[Si](C)(C)C)c1. The summed E-state index contributed by atoms with van der Waals surface area (Å²) in [7, 11) is 4.20. The zero-order chi connectivity index (χ0) is 32.7. The van der Waals surface area contributed by atoms with Crippen molar-refractivity contribution in [3.8, 4) is 5.75 Å². The number of hydrogen-bond donors (Lipinski definition) is 2. The van der Waals surface area contributed by atoms with Crippen LogP contribution in [0.1, 0.15) is 33.2 Å². The van der Waals surface area contributed by atoms with Crippen molar-refractivity contribution >= 4 is 47.1 Å². The highest BCUT2D eigenvalue weighted by molar-refractivity contribution is 7.19. The summed E-state index contributed by atoms with van der Waals surface area (Å²) in [6.07, 6.45) is 1.04. The Labute approximate surface area is 275 Å². The van der Waals surface area contributed by atoms with Gasteiger partial charge >= 0.3 is 0 Å². The number of carbonyl (C=O) groups excluding carboxylic acids is 1. The van der Waals surface area contributed by atoms with Crippen molar-refractivity contribution in [3.63, 3.8) is 0 Å².